The molecule has 5 atom stereocenters. The highest BCUT2D eigenvalue weighted by atomic mass is 32.2. The zero-order chi connectivity index (χ0) is 44.4. The Hall–Kier alpha value is -2.74. The molecule has 340 valence electrons. The summed E-state index contributed by atoms with van der Waals surface area (Å²) in [6.45, 7) is 18.6. The molecule has 4 N–H and O–H groups in total. The molecule has 0 radical (unpaired) electrons. The first-order valence-electron chi connectivity index (χ1n) is 22.3. The molecule has 0 rings (SSSR count). The summed E-state index contributed by atoms with van der Waals surface area (Å²) in [4.78, 5) is 65.3. The van der Waals surface area contributed by atoms with E-state index in [1.54, 1.807) is 34.6 Å². The third-order valence-corrected chi connectivity index (χ3v) is 11.8. The fourth-order valence-electron chi connectivity index (χ4n) is 6.80. The Morgan fingerprint density at radius 3 is 1.69 bits per heavy atom. The van der Waals surface area contributed by atoms with Gasteiger partial charge in [0.25, 0.3) is 0 Å². The van der Waals surface area contributed by atoms with Crippen LogP contribution in [0.15, 0.2) is 0 Å². The SMILES string of the molecule is CCCCCCCCCCCCS(=O)(=O)C[C@@H](CCCCC)C(=O)N[C@H](C(=O)C[C@@H](CC)C(=O)N[C@@H](CCCCNC(=O)OC(C)(C)C)C(=O)O)[C@@H](C)OC(C)(C)C. The van der Waals surface area contributed by atoms with Crippen molar-refractivity contribution in [1.82, 2.24) is 16.0 Å². The van der Waals surface area contributed by atoms with E-state index in [1.165, 1.54) is 32.1 Å². The number of amides is 3. The van der Waals surface area contributed by atoms with E-state index in [-0.39, 0.29) is 37.3 Å². The zero-order valence-electron chi connectivity index (χ0n) is 38.0. The van der Waals surface area contributed by atoms with Gasteiger partial charge in [0, 0.05) is 18.9 Å². The number of rotatable bonds is 33. The van der Waals surface area contributed by atoms with Gasteiger partial charge in [-0.3, -0.25) is 14.4 Å². The van der Waals surface area contributed by atoms with Gasteiger partial charge in [-0.2, -0.15) is 0 Å². The van der Waals surface area contributed by atoms with Gasteiger partial charge in [-0.15, -0.1) is 0 Å². The topological polar surface area (TPSA) is 194 Å². The largest absolute Gasteiger partial charge is 0.480 e. The lowest BCUT2D eigenvalue weighted by Gasteiger charge is -2.32. The summed E-state index contributed by atoms with van der Waals surface area (Å²) >= 11 is 0. The lowest BCUT2D eigenvalue weighted by atomic mass is 9.92. The maximum atomic E-state index is 14.0. The molecule has 14 heteroatoms. The number of carboxylic acids is 1. The van der Waals surface area contributed by atoms with Crippen molar-refractivity contribution in [1.29, 1.82) is 0 Å². The summed E-state index contributed by atoms with van der Waals surface area (Å²) in [5, 5.41) is 17.9. The normalized spacial score (nSPS) is 14.8. The van der Waals surface area contributed by atoms with Crippen LogP contribution in [0.3, 0.4) is 0 Å². The van der Waals surface area contributed by atoms with Gasteiger partial charge in [-0.1, -0.05) is 97.8 Å². The highest BCUT2D eigenvalue weighted by molar-refractivity contribution is 7.91. The second-order valence-electron chi connectivity index (χ2n) is 18.0. The van der Waals surface area contributed by atoms with Crippen LogP contribution in [0.25, 0.3) is 0 Å². The van der Waals surface area contributed by atoms with E-state index < -0.39 is 80.7 Å². The highest BCUT2D eigenvalue weighted by Crippen LogP contribution is 2.21. The first-order valence-corrected chi connectivity index (χ1v) is 24.1. The number of alkyl carbamates (subject to hydrolysis) is 1. The van der Waals surface area contributed by atoms with Crippen LogP contribution >= 0.6 is 0 Å². The van der Waals surface area contributed by atoms with Crippen molar-refractivity contribution in [3.63, 3.8) is 0 Å². The van der Waals surface area contributed by atoms with Crippen molar-refractivity contribution in [2.75, 3.05) is 18.1 Å². The van der Waals surface area contributed by atoms with Gasteiger partial charge in [0.15, 0.2) is 15.6 Å². The van der Waals surface area contributed by atoms with E-state index in [1.807, 2.05) is 27.7 Å². The number of hydrogen-bond donors (Lipinski definition) is 4. The first-order chi connectivity index (χ1) is 27.1. The second-order valence-corrected chi connectivity index (χ2v) is 20.2. The van der Waals surface area contributed by atoms with Crippen LogP contribution < -0.4 is 16.0 Å². The summed E-state index contributed by atoms with van der Waals surface area (Å²) in [7, 11) is -3.55. The molecule has 0 saturated carbocycles. The quantitative estimate of drug-likeness (QED) is 0.0466. The molecule has 0 saturated heterocycles. The van der Waals surface area contributed by atoms with Crippen LogP contribution in [0.5, 0.6) is 0 Å². The molecule has 0 aliphatic carbocycles. The summed E-state index contributed by atoms with van der Waals surface area (Å²) in [6.07, 6.45) is 13.1. The van der Waals surface area contributed by atoms with Crippen LogP contribution in [0.4, 0.5) is 4.79 Å². The van der Waals surface area contributed by atoms with Crippen molar-refractivity contribution in [3.8, 4) is 0 Å². The molecular formula is C44H83N3O10S. The summed E-state index contributed by atoms with van der Waals surface area (Å²) < 4.78 is 38.0. The van der Waals surface area contributed by atoms with Gasteiger partial charge in [-0.25, -0.2) is 18.0 Å². The van der Waals surface area contributed by atoms with Crippen molar-refractivity contribution in [2.24, 2.45) is 11.8 Å². The number of carbonyl (C=O) groups is 5. The summed E-state index contributed by atoms with van der Waals surface area (Å²) in [6, 6.07) is -2.37. The van der Waals surface area contributed by atoms with E-state index in [2.05, 4.69) is 22.9 Å². The fourth-order valence-corrected chi connectivity index (χ4v) is 8.55. The third-order valence-electron chi connectivity index (χ3n) is 9.96. The van der Waals surface area contributed by atoms with Crippen molar-refractivity contribution >= 4 is 39.5 Å². The Morgan fingerprint density at radius 2 is 1.17 bits per heavy atom. The zero-order valence-corrected chi connectivity index (χ0v) is 38.8. The lowest BCUT2D eigenvalue weighted by Crippen LogP contribution is -2.53. The number of unbranched alkanes of at least 4 members (excludes halogenated alkanes) is 12. The van der Waals surface area contributed by atoms with E-state index in [9.17, 15) is 37.5 Å². The molecule has 0 aliphatic rings. The fraction of sp³-hybridized carbons (Fsp3) is 0.886. The van der Waals surface area contributed by atoms with E-state index in [4.69, 9.17) is 9.47 Å². The second kappa shape index (κ2) is 29.5. The minimum absolute atomic E-state index is 0.0144. The Kier molecular flexibility index (Phi) is 28.1. The maximum absolute atomic E-state index is 14.0. The van der Waals surface area contributed by atoms with Gasteiger partial charge in [0.2, 0.25) is 11.8 Å². The number of sulfone groups is 1. The number of Topliss-reactive ketones (excluding diaryl/α,β-unsaturated/α-hetero) is 1. The molecule has 13 nitrogen and oxygen atoms in total. The number of ether oxygens (including phenoxy) is 2. The highest BCUT2D eigenvalue weighted by Gasteiger charge is 2.36. The molecule has 0 aliphatic heterocycles. The number of aliphatic carboxylic acids is 1. The summed E-state index contributed by atoms with van der Waals surface area (Å²) in [5.74, 6) is -4.83. The number of ketones is 1. The van der Waals surface area contributed by atoms with Crippen LogP contribution in [-0.2, 0) is 38.5 Å². The standard InChI is InChI=1S/C44H83N3O10S/c1-11-14-16-17-18-19-20-21-22-26-30-58(54,55)32-35(27-23-15-12-2)40(50)47-38(33(4)56-43(5,6)7)37(48)31-34(13-3)39(49)46-36(41(51)52)28-24-25-29-45-42(53)57-44(8,9)10/h33-36,38H,11-32H2,1-10H3,(H,45,53)(H,46,49)(H,47,50)(H,51,52)/t33-,34-,35-,36+,38+/m1/s1. The molecular weight excluding hydrogens is 763 g/mol. The van der Waals surface area contributed by atoms with E-state index >= 15 is 0 Å². The van der Waals surface area contributed by atoms with Gasteiger partial charge < -0.3 is 30.5 Å². The average Bonchev–Trinajstić information content (AvgIpc) is 3.10. The Balaban J connectivity index is 5.69. The molecule has 0 spiro atoms. The van der Waals surface area contributed by atoms with Crippen LogP contribution in [0, 0.1) is 11.8 Å². The third kappa shape index (κ3) is 27.9. The molecule has 0 fully saturated rings. The molecule has 0 unspecified atom stereocenters. The Labute approximate surface area is 352 Å². The lowest BCUT2D eigenvalue weighted by molar-refractivity contribution is -0.143. The predicted octanol–water partition coefficient (Wildman–Crippen LogP) is 8.46. The van der Waals surface area contributed by atoms with Crippen molar-refractivity contribution in [2.45, 2.75) is 221 Å². The van der Waals surface area contributed by atoms with Crippen LogP contribution in [0.1, 0.15) is 191 Å². The molecule has 0 aromatic rings. The smallest absolute Gasteiger partial charge is 0.407 e. The van der Waals surface area contributed by atoms with E-state index in [0.717, 1.165) is 38.5 Å². The Morgan fingerprint density at radius 1 is 0.655 bits per heavy atom. The molecule has 58 heavy (non-hydrogen) atoms. The monoisotopic (exact) mass is 846 g/mol. The predicted molar refractivity (Wildman–Crippen MR) is 231 cm³/mol. The minimum atomic E-state index is -3.55. The van der Waals surface area contributed by atoms with Crippen LogP contribution in [0.2, 0.25) is 0 Å². The van der Waals surface area contributed by atoms with Gasteiger partial charge >= 0.3 is 12.1 Å². The number of carbonyl (C=O) groups excluding carboxylic acids is 4. The van der Waals surface area contributed by atoms with Gasteiger partial charge in [-0.05, 0) is 87.0 Å². The van der Waals surface area contributed by atoms with Crippen molar-refractivity contribution in [3.05, 3.63) is 0 Å². The molecule has 0 aromatic carbocycles. The number of hydrogen-bond acceptors (Lipinski definition) is 9. The number of carboxylic acid groups (broad SMARTS) is 1. The van der Waals surface area contributed by atoms with Gasteiger partial charge in [0.1, 0.15) is 17.7 Å². The van der Waals surface area contributed by atoms with Crippen molar-refractivity contribution < 1.29 is 47.0 Å². The van der Waals surface area contributed by atoms with Gasteiger partial charge in [0.05, 0.1) is 29.1 Å². The first kappa shape index (κ1) is 55.3. The number of nitrogens with one attached hydrogen (secondary N) is 3. The Bertz CT molecular complexity index is 1310. The summed E-state index contributed by atoms with van der Waals surface area (Å²) in [5.41, 5.74) is -1.32. The van der Waals surface area contributed by atoms with E-state index in [0.29, 0.717) is 32.1 Å². The molecule has 0 heterocycles. The average molecular weight is 846 g/mol. The minimum Gasteiger partial charge on any atom is -0.480 e. The molecule has 0 aromatic heterocycles. The molecule has 0 bridgehead atoms. The maximum Gasteiger partial charge on any atom is 0.407 e. The molecule has 3 amide bonds. The van der Waals surface area contributed by atoms with Crippen LogP contribution in [-0.4, -0.2) is 90.6 Å².